The van der Waals surface area contributed by atoms with Gasteiger partial charge in [-0.15, -0.1) is 13.2 Å². The first-order chi connectivity index (χ1) is 22.7. The molecule has 2 N–H and O–H groups in total. The molecule has 2 heterocycles. The third kappa shape index (κ3) is 9.67. The molecule has 248 valence electrons. The lowest BCUT2D eigenvalue weighted by Crippen LogP contribution is -2.37. The van der Waals surface area contributed by atoms with E-state index in [0.29, 0.717) is 40.3 Å². The maximum Gasteiger partial charge on any atom is 0.573 e. The number of carbonyl (C=O) groups is 1. The van der Waals surface area contributed by atoms with Gasteiger partial charge in [-0.3, -0.25) is 9.88 Å². The molecule has 1 saturated heterocycles. The second-order valence-corrected chi connectivity index (χ2v) is 10.2. The van der Waals surface area contributed by atoms with Gasteiger partial charge in [0.1, 0.15) is 11.5 Å². The summed E-state index contributed by atoms with van der Waals surface area (Å²) in [5.74, 6) is 0.104. The largest absolute Gasteiger partial charge is 0.573 e. The van der Waals surface area contributed by atoms with Crippen LogP contribution in [-0.4, -0.2) is 75.1 Å². The number of alkyl halides is 3. The summed E-state index contributed by atoms with van der Waals surface area (Å²) in [4.78, 5) is 19.0. The molecule has 1 fully saturated rings. The summed E-state index contributed by atoms with van der Waals surface area (Å²) in [7, 11) is 1.53. The number of fused-ring (bicyclic) bond motifs is 1. The van der Waals surface area contributed by atoms with E-state index in [1.165, 1.54) is 43.8 Å². The van der Waals surface area contributed by atoms with Gasteiger partial charge in [0, 0.05) is 49.0 Å². The number of carbonyl (C=O) groups excluding carboxylic acids is 1. The first-order valence-electron chi connectivity index (χ1n) is 14.5. The fraction of sp³-hybridized carbons (Fsp3) is 0.281. The van der Waals surface area contributed by atoms with Crippen molar-refractivity contribution in [2.24, 2.45) is 5.10 Å². The number of ether oxygens (including phenoxy) is 5. The Kier molecular flexibility index (Phi) is 10.9. The number of nitrogens with zero attached hydrogens (tertiary/aromatic N) is 3. The number of aromatic nitrogens is 1. The smallest absolute Gasteiger partial charge is 0.493 e. The van der Waals surface area contributed by atoms with Crippen LogP contribution in [0.1, 0.15) is 12.0 Å². The third-order valence-corrected chi connectivity index (χ3v) is 6.87. The number of amides is 2. The van der Waals surface area contributed by atoms with E-state index in [4.69, 9.17) is 18.9 Å². The van der Waals surface area contributed by atoms with Gasteiger partial charge < -0.3 is 29.0 Å². The van der Waals surface area contributed by atoms with E-state index in [2.05, 4.69) is 30.5 Å². The second kappa shape index (κ2) is 15.4. The first kappa shape index (κ1) is 33.2. The number of hydrogen-bond donors (Lipinski definition) is 2. The van der Waals surface area contributed by atoms with Crippen LogP contribution in [-0.2, 0) is 4.74 Å². The predicted octanol–water partition coefficient (Wildman–Crippen LogP) is 6.33. The Bertz CT molecular complexity index is 1700. The van der Waals surface area contributed by atoms with Gasteiger partial charge in [0.25, 0.3) is 0 Å². The molecule has 1 aliphatic heterocycles. The maximum atomic E-state index is 15.0. The molecule has 0 radical (unpaired) electrons. The van der Waals surface area contributed by atoms with Crippen molar-refractivity contribution in [2.45, 2.75) is 12.8 Å². The highest BCUT2D eigenvalue weighted by Gasteiger charge is 2.31. The molecule has 5 rings (SSSR count). The topological polar surface area (TPSA) is 116 Å². The van der Waals surface area contributed by atoms with Crippen LogP contribution in [0.15, 0.2) is 72.0 Å². The number of morpholine rings is 1. The molecule has 0 bridgehead atoms. The molecule has 0 saturated carbocycles. The van der Waals surface area contributed by atoms with Gasteiger partial charge in [-0.1, -0.05) is 0 Å². The van der Waals surface area contributed by atoms with Crippen molar-refractivity contribution in [3.8, 4) is 28.7 Å². The third-order valence-electron chi connectivity index (χ3n) is 6.87. The monoisotopic (exact) mass is 657 g/mol. The highest BCUT2D eigenvalue weighted by Crippen LogP contribution is 2.38. The molecule has 47 heavy (non-hydrogen) atoms. The fourth-order valence-corrected chi connectivity index (χ4v) is 4.64. The Morgan fingerprint density at radius 2 is 1.81 bits per heavy atom. The average Bonchev–Trinajstić information content (AvgIpc) is 3.04. The lowest BCUT2D eigenvalue weighted by atomic mass is 10.1. The molecular formula is C32H31F4N5O6. The number of halogens is 4. The van der Waals surface area contributed by atoms with Gasteiger partial charge in [-0.2, -0.15) is 5.10 Å². The van der Waals surface area contributed by atoms with Gasteiger partial charge in [0.05, 0.1) is 38.7 Å². The van der Waals surface area contributed by atoms with E-state index in [1.54, 1.807) is 18.2 Å². The number of pyridine rings is 1. The number of urea groups is 1. The zero-order valence-corrected chi connectivity index (χ0v) is 25.2. The van der Waals surface area contributed by atoms with Gasteiger partial charge in [-0.05, 0) is 60.5 Å². The molecule has 2 amide bonds. The van der Waals surface area contributed by atoms with Crippen molar-refractivity contribution in [2.75, 3.05) is 51.9 Å². The number of methoxy groups -OCH3 is 1. The van der Waals surface area contributed by atoms with E-state index >= 15 is 4.39 Å². The summed E-state index contributed by atoms with van der Waals surface area (Å²) in [6, 6.07) is 13.0. The molecular weight excluding hydrogens is 626 g/mol. The first-order valence-corrected chi connectivity index (χ1v) is 14.5. The van der Waals surface area contributed by atoms with Gasteiger partial charge in [0.2, 0.25) is 0 Å². The standard InChI is InChI=1S/C32H31F4N5O6/c1-43-29-18-24-26(19-30(29)45-14-2-11-41-12-15-44-16-13-41)37-10-9-27(24)46-28-8-5-22(17-25(28)33)39-31(42)40-38-20-21-3-6-23(7-4-21)47-32(34,35)36/h3-10,17-20H,2,11-16H2,1H3,(H2,39,40,42)/b38-20+. The van der Waals surface area contributed by atoms with E-state index in [0.717, 1.165) is 57.5 Å². The molecule has 0 unspecified atom stereocenters. The highest BCUT2D eigenvalue weighted by atomic mass is 19.4. The number of hydrazone groups is 1. The Labute approximate surface area is 267 Å². The zero-order chi connectivity index (χ0) is 33.2. The normalized spacial score (nSPS) is 13.8. The van der Waals surface area contributed by atoms with Crippen LogP contribution in [0.3, 0.4) is 0 Å². The van der Waals surface area contributed by atoms with Crippen LogP contribution < -0.4 is 29.7 Å². The molecule has 11 nitrogen and oxygen atoms in total. The van der Waals surface area contributed by atoms with Crippen molar-refractivity contribution < 1.29 is 46.0 Å². The van der Waals surface area contributed by atoms with Crippen molar-refractivity contribution in [3.63, 3.8) is 0 Å². The van der Waals surface area contributed by atoms with Crippen molar-refractivity contribution in [1.29, 1.82) is 0 Å². The fourth-order valence-electron chi connectivity index (χ4n) is 4.64. The van der Waals surface area contributed by atoms with E-state index < -0.39 is 24.0 Å². The Balaban J connectivity index is 1.17. The molecule has 4 aromatic rings. The quantitative estimate of drug-likeness (QED) is 0.0787. The SMILES string of the molecule is COc1cc2c(Oc3ccc(NC(=O)N/N=C/c4ccc(OC(F)(F)F)cc4)cc3F)ccnc2cc1OCCCN1CCOCC1. The van der Waals surface area contributed by atoms with Crippen molar-refractivity contribution in [1.82, 2.24) is 15.3 Å². The van der Waals surface area contributed by atoms with Crippen LogP contribution in [0.5, 0.6) is 28.7 Å². The number of anilines is 1. The highest BCUT2D eigenvalue weighted by molar-refractivity contribution is 5.91. The summed E-state index contributed by atoms with van der Waals surface area (Å²) in [6.45, 7) is 4.69. The summed E-state index contributed by atoms with van der Waals surface area (Å²) in [5, 5.41) is 6.74. The minimum Gasteiger partial charge on any atom is -0.493 e. The van der Waals surface area contributed by atoms with Crippen LogP contribution >= 0.6 is 0 Å². The van der Waals surface area contributed by atoms with E-state index in [9.17, 15) is 18.0 Å². The summed E-state index contributed by atoms with van der Waals surface area (Å²) in [6.07, 6.45) is -1.22. The summed E-state index contributed by atoms with van der Waals surface area (Å²) in [5.41, 5.74) is 3.27. The van der Waals surface area contributed by atoms with Gasteiger partial charge in [-0.25, -0.2) is 14.6 Å². The molecule has 0 spiro atoms. The lowest BCUT2D eigenvalue weighted by molar-refractivity contribution is -0.274. The van der Waals surface area contributed by atoms with Crippen LogP contribution in [0, 0.1) is 5.82 Å². The molecule has 1 aromatic heterocycles. The minimum absolute atomic E-state index is 0.0955. The van der Waals surface area contributed by atoms with Crippen molar-refractivity contribution in [3.05, 3.63) is 78.2 Å². The van der Waals surface area contributed by atoms with Crippen LogP contribution in [0.4, 0.5) is 28.0 Å². The zero-order valence-electron chi connectivity index (χ0n) is 25.2. The Hall–Kier alpha value is -5.15. The average molecular weight is 658 g/mol. The van der Waals surface area contributed by atoms with Crippen molar-refractivity contribution >= 4 is 28.8 Å². The number of hydrogen-bond acceptors (Lipinski definition) is 9. The van der Waals surface area contributed by atoms with E-state index in [-0.39, 0.29) is 11.4 Å². The Morgan fingerprint density at radius 3 is 2.53 bits per heavy atom. The number of benzene rings is 3. The number of rotatable bonds is 12. The summed E-state index contributed by atoms with van der Waals surface area (Å²) < 4.78 is 78.5. The molecule has 0 atom stereocenters. The molecule has 0 aliphatic carbocycles. The molecule has 1 aliphatic rings. The van der Waals surface area contributed by atoms with Gasteiger partial charge >= 0.3 is 12.4 Å². The summed E-state index contributed by atoms with van der Waals surface area (Å²) >= 11 is 0. The van der Waals surface area contributed by atoms with E-state index in [1.807, 2.05) is 0 Å². The second-order valence-electron chi connectivity index (χ2n) is 10.2. The minimum atomic E-state index is -4.80. The lowest BCUT2D eigenvalue weighted by Gasteiger charge is -2.26. The molecule has 3 aromatic carbocycles. The molecule has 15 heteroatoms. The Morgan fingerprint density at radius 1 is 1.02 bits per heavy atom. The van der Waals surface area contributed by atoms with Gasteiger partial charge in [0.15, 0.2) is 23.1 Å². The van der Waals surface area contributed by atoms with Crippen LogP contribution in [0.2, 0.25) is 0 Å². The maximum absolute atomic E-state index is 15.0. The number of nitrogens with one attached hydrogen (secondary N) is 2. The van der Waals surface area contributed by atoms with Crippen LogP contribution in [0.25, 0.3) is 10.9 Å². The predicted molar refractivity (Wildman–Crippen MR) is 165 cm³/mol.